The van der Waals surface area contributed by atoms with Crippen LogP contribution in [0.4, 0.5) is 5.82 Å². The highest BCUT2D eigenvalue weighted by atomic mass is 16.2. The van der Waals surface area contributed by atoms with Crippen molar-refractivity contribution in [1.82, 2.24) is 19.8 Å². The molecule has 0 bridgehead atoms. The number of nitrogens with one attached hydrogen (secondary N) is 1. The van der Waals surface area contributed by atoms with Gasteiger partial charge in [-0.1, -0.05) is 20.8 Å². The van der Waals surface area contributed by atoms with E-state index in [2.05, 4.69) is 30.3 Å². The maximum absolute atomic E-state index is 12.3. The first-order valence-corrected chi connectivity index (χ1v) is 5.77. The van der Waals surface area contributed by atoms with Crippen LogP contribution in [0, 0.1) is 5.39 Å². The zero-order chi connectivity index (χ0) is 15.8. The lowest BCUT2D eigenvalue weighted by Crippen LogP contribution is -2.30. The molecule has 0 saturated carbocycles. The van der Waals surface area contributed by atoms with Crippen LogP contribution >= 0.6 is 0 Å². The van der Waals surface area contributed by atoms with Gasteiger partial charge in [0, 0.05) is 15.3 Å². The Kier molecular flexibility index (Phi) is 3.17. The van der Waals surface area contributed by atoms with Crippen LogP contribution in [0.1, 0.15) is 36.8 Å². The van der Waals surface area contributed by atoms with Crippen LogP contribution in [0.2, 0.25) is 0 Å². The molecule has 0 saturated heterocycles. The Hall–Kier alpha value is -3.25. The first kappa shape index (κ1) is 14.2. The highest BCUT2D eigenvalue weighted by molar-refractivity contribution is 6.05. The van der Waals surface area contributed by atoms with E-state index in [4.69, 9.17) is 10.9 Å². The van der Waals surface area contributed by atoms with E-state index in [1.54, 1.807) is 20.8 Å². The Balaban J connectivity index is 2.89. The molecule has 0 spiro atoms. The molecule has 0 aliphatic heterocycles. The van der Waals surface area contributed by atoms with Gasteiger partial charge < -0.3 is 0 Å². The highest BCUT2D eigenvalue weighted by Gasteiger charge is 2.31. The van der Waals surface area contributed by atoms with Crippen molar-refractivity contribution in [2.24, 2.45) is 5.11 Å². The van der Waals surface area contributed by atoms with Gasteiger partial charge in [0.2, 0.25) is 5.65 Å². The molecule has 0 atom stereocenters. The number of fused-ring (bicyclic) bond motifs is 1. The van der Waals surface area contributed by atoms with E-state index in [0.29, 0.717) is 0 Å². The fourth-order valence-electron chi connectivity index (χ4n) is 1.75. The summed E-state index contributed by atoms with van der Waals surface area (Å²) in [5.74, 6) is -1.38. The van der Waals surface area contributed by atoms with E-state index in [0.717, 1.165) is 4.52 Å². The molecule has 21 heavy (non-hydrogen) atoms. The second kappa shape index (κ2) is 4.69. The number of hydrogen-bond donors (Lipinski definition) is 1. The van der Waals surface area contributed by atoms with Gasteiger partial charge in [-0.25, -0.2) is 0 Å². The van der Waals surface area contributed by atoms with E-state index in [1.165, 1.54) is 0 Å². The molecule has 0 radical (unpaired) electrons. The van der Waals surface area contributed by atoms with Gasteiger partial charge in [-0.2, -0.15) is 0 Å². The maximum Gasteiger partial charge on any atom is 0.456 e. The number of rotatable bonds is 1. The number of amides is 1. The summed E-state index contributed by atoms with van der Waals surface area (Å²) in [6.45, 7) is 5.32. The normalized spacial score (nSPS) is 11.0. The Morgan fingerprint density at radius 2 is 2.10 bits per heavy atom. The number of diazo groups is 1. The topological polar surface area (TPSA) is 157 Å². The molecule has 11 heteroatoms. The van der Waals surface area contributed by atoms with Crippen LogP contribution in [-0.4, -0.2) is 25.7 Å². The van der Waals surface area contributed by atoms with Crippen molar-refractivity contribution in [2.75, 3.05) is 0 Å². The molecule has 2 aromatic rings. The number of azide groups is 1. The van der Waals surface area contributed by atoms with Crippen LogP contribution in [0.5, 0.6) is 0 Å². The summed E-state index contributed by atoms with van der Waals surface area (Å²) in [5, 5.41) is 21.8. The average Bonchev–Trinajstić information content (AvgIpc) is 2.77. The number of carbonyl (C=O) groups is 1. The minimum atomic E-state index is -1.04. The number of aromatic amines is 1. The van der Waals surface area contributed by atoms with Crippen molar-refractivity contribution < 1.29 is 4.79 Å². The molecule has 106 valence electrons. The highest BCUT2D eigenvalue weighted by Crippen LogP contribution is 2.23. The van der Waals surface area contributed by atoms with Gasteiger partial charge in [0.25, 0.3) is 5.91 Å². The summed E-state index contributed by atoms with van der Waals surface area (Å²) in [6.07, 6.45) is 0. The summed E-state index contributed by atoms with van der Waals surface area (Å²) in [7, 11) is 0. The van der Waals surface area contributed by atoms with E-state index in [9.17, 15) is 9.59 Å². The number of H-pyrrole nitrogens is 1. The Morgan fingerprint density at radius 3 is 2.62 bits per heavy atom. The van der Waals surface area contributed by atoms with Crippen molar-refractivity contribution in [3.63, 3.8) is 0 Å². The second-order valence-electron chi connectivity index (χ2n) is 5.19. The van der Waals surface area contributed by atoms with Crippen LogP contribution in [-0.2, 0) is 5.41 Å². The smallest absolute Gasteiger partial charge is 0.286 e. The molecule has 0 aliphatic carbocycles. The number of hydrogen-bond acceptors (Lipinski definition) is 5. The summed E-state index contributed by atoms with van der Waals surface area (Å²) in [6, 6.07) is 0. The van der Waals surface area contributed by atoms with Crippen LogP contribution in [0.25, 0.3) is 21.1 Å². The quantitative estimate of drug-likeness (QED) is 0.365. The van der Waals surface area contributed by atoms with E-state index < -0.39 is 16.9 Å². The van der Waals surface area contributed by atoms with Gasteiger partial charge in [-0.15, -0.1) is 19.8 Å². The molecule has 0 fully saturated rings. The standard InChI is InChI=1S/C10H9N9O2/c1-10(2,3)5-9(21)19-7(15-14-5)4(6(13-11)17-19)8(20)16-18-12/h1-3H3/p+1. The lowest BCUT2D eigenvalue weighted by Gasteiger charge is -2.14. The molecular formula is C10H10N9O2+. The molecule has 1 amide bonds. The van der Waals surface area contributed by atoms with E-state index >= 15 is 0 Å². The molecule has 2 aromatic heterocycles. The average molecular weight is 288 g/mol. The minimum Gasteiger partial charge on any atom is -0.286 e. The zero-order valence-corrected chi connectivity index (χ0v) is 11.4. The second-order valence-corrected chi connectivity index (χ2v) is 5.19. The number of nitrogens with zero attached hydrogens (tertiary/aromatic N) is 8. The summed E-state index contributed by atoms with van der Waals surface area (Å²) >= 11 is 0. The Labute approximate surface area is 116 Å². The van der Waals surface area contributed by atoms with Crippen molar-refractivity contribution in [3.8, 4) is 0 Å². The Morgan fingerprint density at radius 1 is 1.43 bits per heavy atom. The minimum absolute atomic E-state index is 0.161. The zero-order valence-electron chi connectivity index (χ0n) is 11.4. The summed E-state index contributed by atoms with van der Waals surface area (Å²) in [4.78, 5) is 29.2. The third-order valence-corrected chi connectivity index (χ3v) is 2.70. The predicted molar refractivity (Wildman–Crippen MR) is 70.5 cm³/mol. The molecule has 0 aromatic carbocycles. The van der Waals surface area contributed by atoms with Crippen LogP contribution in [0.3, 0.4) is 0 Å². The summed E-state index contributed by atoms with van der Waals surface area (Å²) < 4.78 is 0.919. The third kappa shape index (κ3) is 2.19. The van der Waals surface area contributed by atoms with E-state index in [-0.39, 0.29) is 22.7 Å². The molecule has 2 heterocycles. The molecule has 11 nitrogen and oxygen atoms in total. The van der Waals surface area contributed by atoms with Gasteiger partial charge in [0.15, 0.2) is 5.56 Å². The van der Waals surface area contributed by atoms with Gasteiger partial charge in [0.1, 0.15) is 5.69 Å². The first-order valence-electron chi connectivity index (χ1n) is 5.77. The molecule has 0 aliphatic rings. The maximum atomic E-state index is 12.3. The van der Waals surface area contributed by atoms with Gasteiger partial charge >= 0.3 is 11.4 Å². The van der Waals surface area contributed by atoms with Crippen molar-refractivity contribution in [3.05, 3.63) is 37.0 Å². The SMILES string of the molecule is CC(C)(C)c1nnc2c(C(=O)N=[N+]=[N-])c([N+]#N)[nH]n2c1=O. The van der Waals surface area contributed by atoms with Crippen LogP contribution in [0.15, 0.2) is 9.91 Å². The van der Waals surface area contributed by atoms with Crippen LogP contribution < -0.4 is 5.56 Å². The van der Waals surface area contributed by atoms with Gasteiger partial charge in [-0.3, -0.25) is 9.59 Å². The monoisotopic (exact) mass is 288 g/mol. The van der Waals surface area contributed by atoms with Crippen molar-refractivity contribution >= 4 is 17.4 Å². The fraction of sp³-hybridized carbons (Fsp3) is 0.400. The summed E-state index contributed by atoms with van der Waals surface area (Å²) in [5.41, 5.74) is 6.84. The van der Waals surface area contributed by atoms with Crippen molar-refractivity contribution in [2.45, 2.75) is 26.2 Å². The first-order chi connectivity index (χ1) is 9.81. The molecular weight excluding hydrogens is 278 g/mol. The van der Waals surface area contributed by atoms with E-state index in [1.807, 2.05) is 0 Å². The number of carbonyl (C=O) groups excluding carboxylic acids is 1. The van der Waals surface area contributed by atoms with Gasteiger partial charge in [-0.05, 0) is 10.6 Å². The predicted octanol–water partition coefficient (Wildman–Crippen LogP) is 1.65. The third-order valence-electron chi connectivity index (χ3n) is 2.70. The lowest BCUT2D eigenvalue weighted by atomic mass is 9.93. The molecule has 2 rings (SSSR count). The van der Waals surface area contributed by atoms with Gasteiger partial charge in [0.05, 0.1) is 5.39 Å². The Bertz CT molecular complexity index is 886. The lowest BCUT2D eigenvalue weighted by molar-refractivity contribution is 0.100. The largest absolute Gasteiger partial charge is 0.456 e. The fourth-order valence-corrected chi connectivity index (χ4v) is 1.75. The molecule has 0 unspecified atom stereocenters. The number of aromatic nitrogens is 4. The molecule has 1 N–H and O–H groups in total. The van der Waals surface area contributed by atoms with Crippen molar-refractivity contribution in [1.29, 1.82) is 5.39 Å².